The van der Waals surface area contributed by atoms with Crippen molar-refractivity contribution in [2.45, 2.75) is 26.6 Å². The van der Waals surface area contributed by atoms with Gasteiger partial charge < -0.3 is 14.8 Å². The molecule has 0 saturated heterocycles. The minimum atomic E-state index is -2.87. The fourth-order valence-corrected chi connectivity index (χ4v) is 1.70. The van der Waals surface area contributed by atoms with Gasteiger partial charge in [-0.1, -0.05) is 0 Å². The molecule has 0 saturated carbocycles. The molecule has 0 aliphatic rings. The molecule has 0 heterocycles. The van der Waals surface area contributed by atoms with Crippen molar-refractivity contribution < 1.29 is 17.9 Å². The molecule has 0 atom stereocenters. The number of hydrogen-bond donors (Lipinski definition) is 1. The second-order valence-corrected chi connectivity index (χ2v) is 5.77. The Labute approximate surface area is 98.4 Å². The van der Waals surface area contributed by atoms with Crippen LogP contribution in [0.4, 0.5) is 0 Å². The van der Waals surface area contributed by atoms with Crippen molar-refractivity contribution >= 4 is 9.84 Å². The van der Waals surface area contributed by atoms with Crippen LogP contribution in [-0.2, 0) is 19.3 Å². The number of nitrogens with one attached hydrogen (secondary N) is 1. The molecule has 0 aromatic rings. The fourth-order valence-electron chi connectivity index (χ4n) is 1.19. The maximum Gasteiger partial charge on any atom is 0.158 e. The minimum Gasteiger partial charge on any atom is -0.353 e. The zero-order chi connectivity index (χ0) is 12.4. The van der Waals surface area contributed by atoms with Gasteiger partial charge in [0.15, 0.2) is 6.29 Å². The Bertz CT molecular complexity index is 248. The molecule has 98 valence electrons. The zero-order valence-electron chi connectivity index (χ0n) is 10.4. The van der Waals surface area contributed by atoms with Crippen LogP contribution in [0.5, 0.6) is 0 Å². The van der Waals surface area contributed by atoms with Crippen LogP contribution in [0.1, 0.15) is 20.3 Å². The van der Waals surface area contributed by atoms with Crippen LogP contribution in [0.15, 0.2) is 0 Å². The number of ether oxygens (including phenoxy) is 2. The topological polar surface area (TPSA) is 64.6 Å². The molecule has 0 bridgehead atoms. The van der Waals surface area contributed by atoms with Crippen molar-refractivity contribution in [3.63, 3.8) is 0 Å². The third-order valence-corrected chi connectivity index (χ3v) is 2.86. The maximum absolute atomic E-state index is 10.8. The molecular weight excluding hydrogens is 230 g/mol. The molecule has 1 N–H and O–H groups in total. The van der Waals surface area contributed by atoms with E-state index in [1.807, 2.05) is 13.8 Å². The van der Waals surface area contributed by atoms with Gasteiger partial charge in [-0.25, -0.2) is 8.42 Å². The lowest BCUT2D eigenvalue weighted by Crippen LogP contribution is -2.28. The molecule has 16 heavy (non-hydrogen) atoms. The van der Waals surface area contributed by atoms with Crippen molar-refractivity contribution in [3.05, 3.63) is 0 Å². The highest BCUT2D eigenvalue weighted by Gasteiger charge is 2.07. The first-order valence-corrected chi connectivity index (χ1v) is 7.67. The smallest absolute Gasteiger partial charge is 0.158 e. The molecule has 0 radical (unpaired) electrons. The van der Waals surface area contributed by atoms with E-state index in [0.717, 1.165) is 6.42 Å². The van der Waals surface area contributed by atoms with Crippen LogP contribution in [0.3, 0.4) is 0 Å². The summed E-state index contributed by atoms with van der Waals surface area (Å²) in [5.41, 5.74) is 0. The quantitative estimate of drug-likeness (QED) is 0.451. The molecule has 0 fully saturated rings. The zero-order valence-corrected chi connectivity index (χ0v) is 11.2. The van der Waals surface area contributed by atoms with Gasteiger partial charge in [-0.05, 0) is 20.4 Å². The van der Waals surface area contributed by atoms with Gasteiger partial charge in [-0.2, -0.15) is 0 Å². The van der Waals surface area contributed by atoms with E-state index in [1.54, 1.807) is 0 Å². The summed E-state index contributed by atoms with van der Waals surface area (Å²) in [4.78, 5) is 0. The van der Waals surface area contributed by atoms with E-state index in [2.05, 4.69) is 5.32 Å². The molecule has 6 heteroatoms. The Morgan fingerprint density at radius 3 is 2.12 bits per heavy atom. The van der Waals surface area contributed by atoms with Crippen molar-refractivity contribution in [3.8, 4) is 0 Å². The van der Waals surface area contributed by atoms with Crippen molar-refractivity contribution in [1.29, 1.82) is 0 Å². The van der Waals surface area contributed by atoms with Gasteiger partial charge in [-0.15, -0.1) is 0 Å². The second kappa shape index (κ2) is 8.92. The SMILES string of the molecule is CCOC(CCNCCS(C)(=O)=O)OCC. The van der Waals surface area contributed by atoms with E-state index in [4.69, 9.17) is 9.47 Å². The monoisotopic (exact) mass is 253 g/mol. The lowest BCUT2D eigenvalue weighted by molar-refractivity contribution is -0.138. The largest absolute Gasteiger partial charge is 0.353 e. The molecule has 0 rings (SSSR count). The molecule has 5 nitrogen and oxygen atoms in total. The first kappa shape index (κ1) is 15.8. The van der Waals surface area contributed by atoms with Crippen LogP contribution in [0.2, 0.25) is 0 Å². The van der Waals surface area contributed by atoms with Gasteiger partial charge in [0.1, 0.15) is 9.84 Å². The van der Waals surface area contributed by atoms with Crippen molar-refractivity contribution in [1.82, 2.24) is 5.32 Å². The molecule has 0 aliphatic carbocycles. The molecular formula is C10H23NO4S. The molecule has 0 aliphatic heterocycles. The van der Waals surface area contributed by atoms with Crippen molar-refractivity contribution in [2.75, 3.05) is 38.3 Å². The molecule has 0 aromatic heterocycles. The summed E-state index contributed by atoms with van der Waals surface area (Å²) in [6.45, 7) is 6.25. The van der Waals surface area contributed by atoms with E-state index in [-0.39, 0.29) is 12.0 Å². The molecule has 0 aromatic carbocycles. The fraction of sp³-hybridized carbons (Fsp3) is 1.00. The average molecular weight is 253 g/mol. The van der Waals surface area contributed by atoms with Crippen molar-refractivity contribution in [2.24, 2.45) is 0 Å². The van der Waals surface area contributed by atoms with Gasteiger partial charge in [0.05, 0.1) is 5.75 Å². The Morgan fingerprint density at radius 2 is 1.69 bits per heavy atom. The normalized spacial score (nSPS) is 12.2. The van der Waals surface area contributed by atoms with E-state index in [9.17, 15) is 8.42 Å². The highest BCUT2D eigenvalue weighted by atomic mass is 32.2. The standard InChI is InChI=1S/C10H23NO4S/c1-4-14-10(15-5-2)6-7-11-8-9-16(3,12)13/h10-11H,4-9H2,1-3H3. The minimum absolute atomic E-state index is 0.168. The lowest BCUT2D eigenvalue weighted by Gasteiger charge is -2.16. The first-order chi connectivity index (χ1) is 7.49. The maximum atomic E-state index is 10.8. The second-order valence-electron chi connectivity index (χ2n) is 3.51. The van der Waals surface area contributed by atoms with Gasteiger partial charge in [0.25, 0.3) is 0 Å². The third kappa shape index (κ3) is 10.4. The summed E-state index contributed by atoms with van der Waals surface area (Å²) in [7, 11) is -2.87. The van der Waals surface area contributed by atoms with Gasteiger partial charge in [0.2, 0.25) is 0 Å². The van der Waals surface area contributed by atoms with E-state index >= 15 is 0 Å². The lowest BCUT2D eigenvalue weighted by atomic mass is 10.4. The van der Waals surface area contributed by atoms with Crippen LogP contribution < -0.4 is 5.32 Å². The summed E-state index contributed by atoms with van der Waals surface area (Å²) in [5.74, 6) is 0.168. The number of rotatable bonds is 10. The Morgan fingerprint density at radius 1 is 1.12 bits per heavy atom. The summed E-state index contributed by atoms with van der Waals surface area (Å²) in [5, 5.41) is 3.05. The summed E-state index contributed by atoms with van der Waals surface area (Å²) in [6, 6.07) is 0. The molecule has 0 amide bonds. The highest BCUT2D eigenvalue weighted by molar-refractivity contribution is 7.90. The van der Waals surface area contributed by atoms with Gasteiger partial charge >= 0.3 is 0 Å². The average Bonchev–Trinajstić information content (AvgIpc) is 2.16. The van der Waals surface area contributed by atoms with Crippen LogP contribution >= 0.6 is 0 Å². The van der Waals surface area contributed by atoms with E-state index in [1.165, 1.54) is 6.26 Å². The van der Waals surface area contributed by atoms with Crippen LogP contribution in [0, 0.1) is 0 Å². The predicted octanol–water partition coefficient (Wildman–Crippen LogP) is 0.410. The van der Waals surface area contributed by atoms with Gasteiger partial charge in [-0.3, -0.25) is 0 Å². The summed E-state index contributed by atoms with van der Waals surface area (Å²) in [6.07, 6.45) is 1.77. The Balaban J connectivity index is 3.54. The number of hydrogen-bond acceptors (Lipinski definition) is 5. The Kier molecular flexibility index (Phi) is 8.83. The third-order valence-electron chi connectivity index (χ3n) is 1.91. The van der Waals surface area contributed by atoms with Gasteiger partial charge in [0, 0.05) is 32.4 Å². The molecule has 0 unspecified atom stereocenters. The molecule has 0 spiro atoms. The Hall–Kier alpha value is -0.170. The summed E-state index contributed by atoms with van der Waals surface area (Å²) >= 11 is 0. The number of sulfone groups is 1. The predicted molar refractivity (Wildman–Crippen MR) is 64.2 cm³/mol. The van der Waals surface area contributed by atoms with Crippen LogP contribution in [-0.4, -0.2) is 53.0 Å². The first-order valence-electron chi connectivity index (χ1n) is 5.61. The van der Waals surface area contributed by atoms with Crippen LogP contribution in [0.25, 0.3) is 0 Å². The highest BCUT2D eigenvalue weighted by Crippen LogP contribution is 1.99. The summed E-state index contributed by atoms with van der Waals surface area (Å²) < 4.78 is 32.4. The van der Waals surface area contributed by atoms with E-state index < -0.39 is 9.84 Å². The van der Waals surface area contributed by atoms with E-state index in [0.29, 0.717) is 26.3 Å².